The molecule has 1 aromatic rings. The third-order valence-electron chi connectivity index (χ3n) is 2.33. The van der Waals surface area contributed by atoms with Crippen LogP contribution in [0, 0.1) is 0 Å². The van der Waals surface area contributed by atoms with Gasteiger partial charge >= 0.3 is 0 Å². The Balaban J connectivity index is 1.98. The van der Waals surface area contributed by atoms with Crippen LogP contribution in [0.1, 0.15) is 36.2 Å². The molecular formula is C10H13NO3. The second kappa shape index (κ2) is 3.92. The maximum absolute atomic E-state index is 10.9. The highest BCUT2D eigenvalue weighted by Crippen LogP contribution is 2.17. The summed E-state index contributed by atoms with van der Waals surface area (Å²) in [5.41, 5.74) is 0. The second-order valence-electron chi connectivity index (χ2n) is 3.51. The van der Waals surface area contributed by atoms with Gasteiger partial charge < -0.3 is 9.15 Å². The molecule has 0 bridgehead atoms. The number of hydrogen-bond donors (Lipinski definition) is 0. The van der Waals surface area contributed by atoms with Crippen molar-refractivity contribution in [1.29, 1.82) is 0 Å². The first-order chi connectivity index (χ1) is 6.75. The van der Waals surface area contributed by atoms with Gasteiger partial charge in [0.2, 0.25) is 0 Å². The Labute approximate surface area is 82.3 Å². The van der Waals surface area contributed by atoms with Crippen LogP contribution < -0.4 is 0 Å². The van der Waals surface area contributed by atoms with Crippen molar-refractivity contribution in [3.05, 3.63) is 17.8 Å². The molecule has 1 aromatic heterocycles. The van der Waals surface area contributed by atoms with E-state index in [1.807, 2.05) is 0 Å². The molecule has 0 spiro atoms. The Hall–Kier alpha value is -1.16. The van der Waals surface area contributed by atoms with E-state index in [-0.39, 0.29) is 11.9 Å². The fourth-order valence-electron chi connectivity index (χ4n) is 1.57. The largest absolute Gasteiger partial charge is 0.438 e. The predicted octanol–water partition coefficient (Wildman–Crippen LogP) is 1.60. The number of carbonyl (C=O) groups excluding carboxylic acids is 1. The van der Waals surface area contributed by atoms with Crippen LogP contribution >= 0.6 is 0 Å². The van der Waals surface area contributed by atoms with Gasteiger partial charge in [0.1, 0.15) is 0 Å². The molecule has 1 aliphatic heterocycles. The maximum atomic E-state index is 10.9. The van der Waals surface area contributed by atoms with E-state index >= 15 is 0 Å². The number of ether oxygens (including phenoxy) is 1. The Bertz CT molecular complexity index is 326. The first-order valence-corrected chi connectivity index (χ1v) is 4.83. The summed E-state index contributed by atoms with van der Waals surface area (Å²) in [6, 6.07) is 0. The molecule has 1 fully saturated rings. The van der Waals surface area contributed by atoms with E-state index in [0.717, 1.165) is 19.4 Å². The zero-order valence-electron chi connectivity index (χ0n) is 8.16. The van der Waals surface area contributed by atoms with Crippen molar-refractivity contribution in [2.75, 3.05) is 6.61 Å². The van der Waals surface area contributed by atoms with E-state index in [1.165, 1.54) is 13.1 Å². The third-order valence-corrected chi connectivity index (χ3v) is 2.33. The molecule has 1 atom stereocenters. The summed E-state index contributed by atoms with van der Waals surface area (Å²) in [5, 5.41) is 0. The lowest BCUT2D eigenvalue weighted by molar-refractivity contribution is 0.0964. The van der Waals surface area contributed by atoms with Gasteiger partial charge in [-0.25, -0.2) is 4.98 Å². The van der Waals surface area contributed by atoms with Crippen molar-refractivity contribution in [2.24, 2.45) is 0 Å². The van der Waals surface area contributed by atoms with Gasteiger partial charge in [-0.2, -0.15) is 0 Å². The average Bonchev–Trinajstić information content (AvgIpc) is 2.75. The van der Waals surface area contributed by atoms with Crippen molar-refractivity contribution in [1.82, 2.24) is 4.98 Å². The number of oxazole rings is 1. The quantitative estimate of drug-likeness (QED) is 0.687. The van der Waals surface area contributed by atoms with Crippen molar-refractivity contribution in [3.8, 4) is 0 Å². The highest BCUT2D eigenvalue weighted by atomic mass is 16.5. The molecule has 0 radical (unpaired) electrons. The van der Waals surface area contributed by atoms with E-state index in [2.05, 4.69) is 4.98 Å². The van der Waals surface area contributed by atoms with Crippen molar-refractivity contribution in [2.45, 2.75) is 32.3 Å². The molecule has 1 aliphatic rings. The number of Topliss-reactive ketones (excluding diaryl/α,β-unsaturated/α-hetero) is 1. The van der Waals surface area contributed by atoms with Gasteiger partial charge in [-0.1, -0.05) is 0 Å². The maximum Gasteiger partial charge on any atom is 0.197 e. The third kappa shape index (κ3) is 2.01. The molecule has 1 unspecified atom stereocenters. The predicted molar refractivity (Wildman–Crippen MR) is 49.2 cm³/mol. The number of carbonyl (C=O) groups is 1. The Morgan fingerprint density at radius 2 is 2.57 bits per heavy atom. The number of nitrogens with zero attached hydrogens (tertiary/aromatic N) is 1. The van der Waals surface area contributed by atoms with Crippen LogP contribution in [0.2, 0.25) is 0 Å². The van der Waals surface area contributed by atoms with Crippen molar-refractivity contribution >= 4 is 5.78 Å². The summed E-state index contributed by atoms with van der Waals surface area (Å²) in [5.74, 6) is 0.844. The molecule has 1 saturated heterocycles. The lowest BCUT2D eigenvalue weighted by Crippen LogP contribution is -2.08. The fourth-order valence-corrected chi connectivity index (χ4v) is 1.57. The number of ketones is 1. The van der Waals surface area contributed by atoms with Gasteiger partial charge in [0.15, 0.2) is 17.4 Å². The SMILES string of the molecule is CC(=O)c1cnc(CC2CCCO2)o1. The highest BCUT2D eigenvalue weighted by Gasteiger charge is 2.19. The van der Waals surface area contributed by atoms with E-state index in [0.29, 0.717) is 18.1 Å². The van der Waals surface area contributed by atoms with Crippen LogP contribution in [-0.2, 0) is 11.2 Å². The standard InChI is InChI=1S/C10H13NO3/c1-7(12)9-6-11-10(14-9)5-8-3-2-4-13-8/h6,8H,2-5H2,1H3. The first kappa shape index (κ1) is 9.40. The Morgan fingerprint density at radius 3 is 3.14 bits per heavy atom. The smallest absolute Gasteiger partial charge is 0.197 e. The molecule has 0 aliphatic carbocycles. The lowest BCUT2D eigenvalue weighted by atomic mass is 10.2. The van der Waals surface area contributed by atoms with Gasteiger partial charge in [-0.15, -0.1) is 0 Å². The first-order valence-electron chi connectivity index (χ1n) is 4.83. The summed E-state index contributed by atoms with van der Waals surface area (Å²) in [7, 11) is 0. The molecule has 14 heavy (non-hydrogen) atoms. The molecule has 0 saturated carbocycles. The van der Waals surface area contributed by atoms with Crippen LogP contribution in [-0.4, -0.2) is 23.5 Å². The average molecular weight is 195 g/mol. The Kier molecular flexibility index (Phi) is 2.63. The highest BCUT2D eigenvalue weighted by molar-refractivity contribution is 5.90. The van der Waals surface area contributed by atoms with Crippen LogP contribution in [0.25, 0.3) is 0 Å². The van der Waals surface area contributed by atoms with Crippen LogP contribution in [0.15, 0.2) is 10.6 Å². The van der Waals surface area contributed by atoms with E-state index < -0.39 is 0 Å². The van der Waals surface area contributed by atoms with Crippen molar-refractivity contribution in [3.63, 3.8) is 0 Å². The van der Waals surface area contributed by atoms with Crippen LogP contribution in [0.3, 0.4) is 0 Å². The second-order valence-corrected chi connectivity index (χ2v) is 3.51. The molecule has 0 N–H and O–H groups in total. The monoisotopic (exact) mass is 195 g/mol. The minimum absolute atomic E-state index is 0.0870. The minimum Gasteiger partial charge on any atom is -0.438 e. The lowest BCUT2D eigenvalue weighted by Gasteiger charge is -2.04. The molecule has 4 heteroatoms. The van der Waals surface area contributed by atoms with Crippen LogP contribution in [0.5, 0.6) is 0 Å². The summed E-state index contributed by atoms with van der Waals surface area (Å²) in [4.78, 5) is 15.0. The van der Waals surface area contributed by atoms with Gasteiger partial charge in [0.05, 0.1) is 18.7 Å². The molecule has 0 aromatic carbocycles. The fraction of sp³-hybridized carbons (Fsp3) is 0.600. The van der Waals surface area contributed by atoms with E-state index in [9.17, 15) is 4.79 Å². The van der Waals surface area contributed by atoms with Gasteiger partial charge in [0.25, 0.3) is 0 Å². The molecule has 76 valence electrons. The summed E-state index contributed by atoms with van der Waals surface area (Å²) < 4.78 is 10.7. The molecule has 0 amide bonds. The molecule has 2 rings (SSSR count). The Morgan fingerprint density at radius 1 is 1.71 bits per heavy atom. The van der Waals surface area contributed by atoms with E-state index in [1.54, 1.807) is 0 Å². The molecular weight excluding hydrogens is 182 g/mol. The minimum atomic E-state index is -0.0870. The number of aromatic nitrogens is 1. The summed E-state index contributed by atoms with van der Waals surface area (Å²) in [6.45, 7) is 2.29. The molecule has 4 nitrogen and oxygen atoms in total. The van der Waals surface area contributed by atoms with E-state index in [4.69, 9.17) is 9.15 Å². The normalized spacial score (nSPS) is 21.4. The van der Waals surface area contributed by atoms with Gasteiger partial charge in [-0.3, -0.25) is 4.79 Å². The van der Waals surface area contributed by atoms with Crippen LogP contribution in [0.4, 0.5) is 0 Å². The summed E-state index contributed by atoms with van der Waals surface area (Å²) >= 11 is 0. The van der Waals surface area contributed by atoms with Gasteiger partial charge in [0, 0.05) is 13.5 Å². The zero-order valence-corrected chi connectivity index (χ0v) is 8.16. The van der Waals surface area contributed by atoms with Gasteiger partial charge in [-0.05, 0) is 12.8 Å². The zero-order chi connectivity index (χ0) is 9.97. The van der Waals surface area contributed by atoms with Crippen molar-refractivity contribution < 1.29 is 13.9 Å². The number of hydrogen-bond acceptors (Lipinski definition) is 4. The topological polar surface area (TPSA) is 52.3 Å². The summed E-state index contributed by atoms with van der Waals surface area (Å²) in [6.07, 6.45) is 4.52. The molecule has 2 heterocycles. The number of rotatable bonds is 3.